The third-order valence-corrected chi connectivity index (χ3v) is 8.94. The Balaban J connectivity index is 1.29. The van der Waals surface area contributed by atoms with Gasteiger partial charge in [0.25, 0.3) is 5.56 Å². The van der Waals surface area contributed by atoms with Gasteiger partial charge in [0.15, 0.2) is 6.29 Å². The number of amides is 2. The number of aromatic nitrogens is 3. The highest BCUT2D eigenvalue weighted by Crippen LogP contribution is 2.39. The predicted molar refractivity (Wildman–Crippen MR) is 188 cm³/mol. The molecule has 0 spiro atoms. The van der Waals surface area contributed by atoms with E-state index in [1.165, 1.54) is 15.5 Å². The number of halogens is 2. The molecule has 0 bridgehead atoms. The van der Waals surface area contributed by atoms with E-state index >= 15 is 4.39 Å². The Labute approximate surface area is 292 Å². The van der Waals surface area contributed by atoms with Crippen LogP contribution in [0.3, 0.4) is 0 Å². The number of nitrogens with one attached hydrogen (secondary N) is 1. The van der Waals surface area contributed by atoms with Gasteiger partial charge in [-0.1, -0.05) is 54.1 Å². The monoisotopic (exact) mass is 695 g/mol. The molecule has 2 aromatic carbocycles. The van der Waals surface area contributed by atoms with Crippen LogP contribution in [0, 0.1) is 12.9 Å². The summed E-state index contributed by atoms with van der Waals surface area (Å²) in [5, 5.41) is 3.23. The maximum absolute atomic E-state index is 15.7. The van der Waals surface area contributed by atoms with Crippen molar-refractivity contribution in [2.45, 2.75) is 58.7 Å². The number of rotatable bonds is 8. The van der Waals surface area contributed by atoms with E-state index in [2.05, 4.69) is 15.3 Å². The molecule has 0 unspecified atom stereocenters. The maximum atomic E-state index is 15.7. The summed E-state index contributed by atoms with van der Waals surface area (Å²) in [5.41, 5.74) is 4.40. The number of carbonyl (C=O) groups excluding carboxylic acids is 3. The van der Waals surface area contributed by atoms with Crippen molar-refractivity contribution < 1.29 is 23.5 Å². The van der Waals surface area contributed by atoms with Crippen LogP contribution in [0.5, 0.6) is 0 Å². The summed E-state index contributed by atoms with van der Waals surface area (Å²) in [7, 11) is 0. The molecule has 10 nitrogen and oxygen atoms in total. The molecule has 1 N–H and O–H groups in total. The molecule has 0 aliphatic carbocycles. The van der Waals surface area contributed by atoms with Crippen LogP contribution >= 0.6 is 11.6 Å². The van der Waals surface area contributed by atoms with E-state index in [4.69, 9.17) is 16.3 Å². The highest BCUT2D eigenvalue weighted by Gasteiger charge is 2.29. The average molecular weight is 696 g/mol. The van der Waals surface area contributed by atoms with Gasteiger partial charge in [0.1, 0.15) is 11.2 Å². The van der Waals surface area contributed by atoms with Crippen LogP contribution in [0.1, 0.15) is 55.1 Å². The number of hydrogen-bond acceptors (Lipinski definition) is 7. The summed E-state index contributed by atoms with van der Waals surface area (Å²) in [6, 6.07) is 17.8. The molecule has 0 radical (unpaired) electrons. The smallest absolute Gasteiger partial charge is 0.410 e. The zero-order valence-corrected chi connectivity index (χ0v) is 28.8. The second-order valence-electron chi connectivity index (χ2n) is 13.2. The first-order valence-corrected chi connectivity index (χ1v) is 16.5. The van der Waals surface area contributed by atoms with E-state index in [0.29, 0.717) is 41.1 Å². The van der Waals surface area contributed by atoms with Gasteiger partial charge in [0, 0.05) is 48.1 Å². The Kier molecular flexibility index (Phi) is 9.53. The number of carbonyl (C=O) groups is 3. The van der Waals surface area contributed by atoms with Gasteiger partial charge in [0.2, 0.25) is 11.9 Å². The molecule has 0 saturated carbocycles. The molecule has 3 aromatic heterocycles. The minimum atomic E-state index is -0.760. The number of ether oxygens (including phenoxy) is 1. The number of nitrogens with zero attached hydrogens (tertiary/aromatic N) is 4. The molecule has 50 heavy (non-hydrogen) atoms. The highest BCUT2D eigenvalue weighted by atomic mass is 35.5. The third-order valence-electron chi connectivity index (χ3n) is 8.54. The van der Waals surface area contributed by atoms with Gasteiger partial charge in [-0.3, -0.25) is 18.8 Å². The molecule has 6 rings (SSSR count). The van der Waals surface area contributed by atoms with E-state index in [1.54, 1.807) is 57.3 Å². The Morgan fingerprint density at radius 1 is 1.08 bits per heavy atom. The van der Waals surface area contributed by atoms with E-state index in [-0.39, 0.29) is 36.2 Å². The number of hydrogen-bond donors (Lipinski definition) is 1. The standard InChI is InChI=1S/C38H35ClFN5O5/c1-22-27(23-15-16-45-32(17-23)41-18-25(21-46)36(45)48)7-5-8-28(22)29-9-6-10-30(34(29)39)31-13-11-24(35(40)43-31)19-44(37(49)50-38(2,3)4)20-26-12-14-33(47)42-26/h5-11,13,15-18,21,26H,12,14,19-20H2,1-4H3,(H,42,47)/t26-/m0/s1. The van der Waals surface area contributed by atoms with Crippen LogP contribution in [0.15, 0.2) is 77.9 Å². The normalized spacial score (nSPS) is 14.4. The summed E-state index contributed by atoms with van der Waals surface area (Å²) in [6.45, 7) is 7.30. The van der Waals surface area contributed by atoms with Crippen LogP contribution in [-0.4, -0.2) is 55.7 Å². The van der Waals surface area contributed by atoms with E-state index in [9.17, 15) is 19.2 Å². The topological polar surface area (TPSA) is 123 Å². The second-order valence-corrected chi connectivity index (χ2v) is 13.6. The fourth-order valence-electron chi connectivity index (χ4n) is 6.06. The lowest BCUT2D eigenvalue weighted by Crippen LogP contribution is -2.43. The summed E-state index contributed by atoms with van der Waals surface area (Å²) in [4.78, 5) is 58.5. The molecular weight excluding hydrogens is 661 g/mol. The largest absolute Gasteiger partial charge is 0.444 e. The molecule has 5 aromatic rings. The maximum Gasteiger partial charge on any atom is 0.410 e. The van der Waals surface area contributed by atoms with E-state index < -0.39 is 23.2 Å². The fraction of sp³-hybridized carbons (Fsp3) is 0.263. The van der Waals surface area contributed by atoms with Crippen LogP contribution in [0.4, 0.5) is 9.18 Å². The molecule has 1 atom stereocenters. The van der Waals surface area contributed by atoms with Crippen molar-refractivity contribution in [1.29, 1.82) is 0 Å². The number of fused-ring (bicyclic) bond motifs is 1. The summed E-state index contributed by atoms with van der Waals surface area (Å²) < 4.78 is 22.6. The number of benzene rings is 2. The van der Waals surface area contributed by atoms with Crippen LogP contribution in [-0.2, 0) is 16.1 Å². The predicted octanol–water partition coefficient (Wildman–Crippen LogP) is 7.02. The van der Waals surface area contributed by atoms with Gasteiger partial charge in [0.05, 0.1) is 22.8 Å². The van der Waals surface area contributed by atoms with Crippen LogP contribution < -0.4 is 10.9 Å². The number of pyridine rings is 2. The van der Waals surface area contributed by atoms with Gasteiger partial charge >= 0.3 is 6.09 Å². The van der Waals surface area contributed by atoms with Gasteiger partial charge in [-0.25, -0.2) is 14.8 Å². The second kappa shape index (κ2) is 13.8. The van der Waals surface area contributed by atoms with Crippen molar-refractivity contribution in [3.8, 4) is 33.5 Å². The molecule has 1 saturated heterocycles. The molecule has 2 amide bonds. The fourth-order valence-corrected chi connectivity index (χ4v) is 6.39. The first-order valence-electron chi connectivity index (χ1n) is 16.1. The third kappa shape index (κ3) is 7.13. The molecule has 1 aliphatic rings. The van der Waals surface area contributed by atoms with E-state index in [0.717, 1.165) is 27.8 Å². The Hall–Kier alpha value is -5.42. The molecule has 1 fully saturated rings. The van der Waals surface area contributed by atoms with Gasteiger partial charge in [-0.2, -0.15) is 4.39 Å². The highest BCUT2D eigenvalue weighted by molar-refractivity contribution is 6.36. The first-order chi connectivity index (χ1) is 23.8. The molecule has 1 aliphatic heterocycles. The van der Waals surface area contributed by atoms with Crippen LogP contribution in [0.25, 0.3) is 39.2 Å². The lowest BCUT2D eigenvalue weighted by Gasteiger charge is -2.29. The van der Waals surface area contributed by atoms with Gasteiger partial charge in [-0.05, 0) is 74.6 Å². The molecule has 4 heterocycles. The van der Waals surface area contributed by atoms with Gasteiger partial charge < -0.3 is 15.0 Å². The molecular formula is C38H35ClFN5O5. The Bertz CT molecular complexity index is 2210. The summed E-state index contributed by atoms with van der Waals surface area (Å²) >= 11 is 7.02. The molecule has 12 heteroatoms. The zero-order chi connectivity index (χ0) is 35.7. The average Bonchev–Trinajstić information content (AvgIpc) is 3.49. The van der Waals surface area contributed by atoms with Crippen molar-refractivity contribution in [3.05, 3.63) is 111 Å². The minimum absolute atomic E-state index is 0.0228. The summed E-state index contributed by atoms with van der Waals surface area (Å²) in [6.07, 6.45) is 3.67. The zero-order valence-electron chi connectivity index (χ0n) is 28.0. The van der Waals surface area contributed by atoms with Crippen molar-refractivity contribution in [2.75, 3.05) is 6.54 Å². The summed E-state index contributed by atoms with van der Waals surface area (Å²) in [5.74, 6) is -0.841. The van der Waals surface area contributed by atoms with Crippen molar-refractivity contribution in [2.24, 2.45) is 0 Å². The van der Waals surface area contributed by atoms with E-state index in [1.807, 2.05) is 37.3 Å². The first kappa shape index (κ1) is 34.4. The lowest BCUT2D eigenvalue weighted by atomic mass is 9.92. The Morgan fingerprint density at radius 3 is 2.48 bits per heavy atom. The van der Waals surface area contributed by atoms with Gasteiger partial charge in [-0.15, -0.1) is 0 Å². The SMILES string of the molecule is Cc1c(-c2ccn3c(=O)c(C=O)cnc3c2)cccc1-c1cccc(-c2ccc(CN(C[C@@H]3CCC(=O)N3)C(=O)OC(C)(C)C)c(F)n2)c1Cl. The quantitative estimate of drug-likeness (QED) is 0.137. The van der Waals surface area contributed by atoms with Crippen molar-refractivity contribution >= 4 is 35.5 Å². The van der Waals surface area contributed by atoms with Crippen molar-refractivity contribution in [3.63, 3.8) is 0 Å². The van der Waals surface area contributed by atoms with Crippen molar-refractivity contribution in [1.82, 2.24) is 24.6 Å². The Morgan fingerprint density at radius 2 is 1.80 bits per heavy atom. The number of aldehydes is 1. The minimum Gasteiger partial charge on any atom is -0.444 e. The lowest BCUT2D eigenvalue weighted by molar-refractivity contribution is -0.119. The van der Waals surface area contributed by atoms with Crippen LogP contribution in [0.2, 0.25) is 5.02 Å². The molecule has 256 valence electrons.